The highest BCUT2D eigenvalue weighted by atomic mass is 79.9. The Labute approximate surface area is 85.0 Å². The van der Waals surface area contributed by atoms with Crippen molar-refractivity contribution in [2.45, 2.75) is 13.3 Å². The van der Waals surface area contributed by atoms with Gasteiger partial charge in [-0.2, -0.15) is 0 Å². The van der Waals surface area contributed by atoms with Gasteiger partial charge in [-0.3, -0.25) is 4.79 Å². The maximum absolute atomic E-state index is 11.5. The van der Waals surface area contributed by atoms with Crippen molar-refractivity contribution in [2.24, 2.45) is 0 Å². The van der Waals surface area contributed by atoms with Gasteiger partial charge in [0.2, 0.25) is 0 Å². The number of Topliss-reactive ketones (excluding diaryl/α,β-unsaturated/α-hetero) is 1. The van der Waals surface area contributed by atoms with Crippen LogP contribution in [0.5, 0.6) is 5.75 Å². The minimum absolute atomic E-state index is 0.172. The number of ketones is 1. The standard InChI is InChI=1S/C10H9BrO2/c1-6-4-7(11)5-8-9(12)2-3-13-10(6)8/h4-5H,2-3H2,1H3. The van der Waals surface area contributed by atoms with Gasteiger partial charge >= 0.3 is 0 Å². The first-order valence-electron chi connectivity index (χ1n) is 4.14. The maximum Gasteiger partial charge on any atom is 0.170 e. The molecule has 0 aromatic heterocycles. The van der Waals surface area contributed by atoms with Crippen LogP contribution in [-0.2, 0) is 0 Å². The van der Waals surface area contributed by atoms with Crippen LogP contribution in [0.25, 0.3) is 0 Å². The summed E-state index contributed by atoms with van der Waals surface area (Å²) < 4.78 is 6.37. The summed E-state index contributed by atoms with van der Waals surface area (Å²) in [6, 6.07) is 3.78. The molecule has 0 bridgehead atoms. The minimum atomic E-state index is 0.172. The molecule has 0 saturated heterocycles. The van der Waals surface area contributed by atoms with E-state index in [0.717, 1.165) is 15.8 Å². The Bertz CT molecular complexity index is 371. The Balaban J connectivity index is 2.63. The SMILES string of the molecule is Cc1cc(Br)cc2c1OCCC2=O. The number of carbonyl (C=O) groups excluding carboxylic acids is 1. The van der Waals surface area contributed by atoms with E-state index in [4.69, 9.17) is 4.74 Å². The van der Waals surface area contributed by atoms with Crippen molar-refractivity contribution >= 4 is 21.7 Å². The summed E-state index contributed by atoms with van der Waals surface area (Å²) in [7, 11) is 0. The average Bonchev–Trinajstić information content (AvgIpc) is 2.07. The van der Waals surface area contributed by atoms with Crippen molar-refractivity contribution in [1.82, 2.24) is 0 Å². The number of carbonyl (C=O) groups is 1. The molecule has 0 aliphatic carbocycles. The van der Waals surface area contributed by atoms with Crippen molar-refractivity contribution in [3.05, 3.63) is 27.7 Å². The molecule has 2 rings (SSSR count). The molecule has 0 unspecified atom stereocenters. The second-order valence-corrected chi connectivity index (χ2v) is 4.04. The Kier molecular flexibility index (Phi) is 2.12. The predicted octanol–water partition coefficient (Wildman–Crippen LogP) is 2.72. The van der Waals surface area contributed by atoms with Gasteiger partial charge in [-0.05, 0) is 24.6 Å². The van der Waals surface area contributed by atoms with E-state index >= 15 is 0 Å². The topological polar surface area (TPSA) is 26.3 Å². The molecule has 0 saturated carbocycles. The highest BCUT2D eigenvalue weighted by Gasteiger charge is 2.20. The summed E-state index contributed by atoms with van der Waals surface area (Å²) in [5.41, 5.74) is 1.72. The third-order valence-corrected chi connectivity index (χ3v) is 2.57. The predicted molar refractivity (Wildman–Crippen MR) is 53.3 cm³/mol. The summed E-state index contributed by atoms with van der Waals surface area (Å²) in [6.45, 7) is 2.45. The van der Waals surface area contributed by atoms with Crippen molar-refractivity contribution in [3.8, 4) is 5.75 Å². The minimum Gasteiger partial charge on any atom is -0.492 e. The first-order valence-corrected chi connectivity index (χ1v) is 4.94. The smallest absolute Gasteiger partial charge is 0.170 e. The molecular formula is C10H9BrO2. The normalized spacial score (nSPS) is 15.1. The molecule has 1 heterocycles. The number of halogens is 1. The molecule has 3 heteroatoms. The number of benzene rings is 1. The summed E-state index contributed by atoms with van der Waals surface area (Å²) in [4.78, 5) is 11.5. The van der Waals surface area contributed by atoms with Crippen molar-refractivity contribution in [2.75, 3.05) is 6.61 Å². The third-order valence-electron chi connectivity index (χ3n) is 2.12. The van der Waals surface area contributed by atoms with Crippen LogP contribution in [0.15, 0.2) is 16.6 Å². The van der Waals surface area contributed by atoms with E-state index in [1.807, 2.05) is 19.1 Å². The average molecular weight is 241 g/mol. The van der Waals surface area contributed by atoms with Gasteiger partial charge in [-0.15, -0.1) is 0 Å². The van der Waals surface area contributed by atoms with E-state index in [0.29, 0.717) is 18.6 Å². The van der Waals surface area contributed by atoms with Crippen LogP contribution in [-0.4, -0.2) is 12.4 Å². The molecule has 68 valence electrons. The fourth-order valence-corrected chi connectivity index (χ4v) is 2.08. The molecule has 2 nitrogen and oxygen atoms in total. The second-order valence-electron chi connectivity index (χ2n) is 3.12. The fraction of sp³-hybridized carbons (Fsp3) is 0.300. The van der Waals surface area contributed by atoms with Gasteiger partial charge in [-0.1, -0.05) is 15.9 Å². The van der Waals surface area contributed by atoms with Gasteiger partial charge in [0, 0.05) is 10.9 Å². The maximum atomic E-state index is 11.5. The van der Waals surface area contributed by atoms with Crippen LogP contribution in [0.4, 0.5) is 0 Å². The Morgan fingerprint density at radius 3 is 3.00 bits per heavy atom. The summed E-state index contributed by atoms with van der Waals surface area (Å²) in [6.07, 6.45) is 0.489. The number of ether oxygens (including phenoxy) is 1. The highest BCUT2D eigenvalue weighted by Crippen LogP contribution is 2.31. The van der Waals surface area contributed by atoms with Crippen LogP contribution in [0.3, 0.4) is 0 Å². The Morgan fingerprint density at radius 2 is 2.23 bits per heavy atom. The van der Waals surface area contributed by atoms with Crippen LogP contribution in [0.2, 0.25) is 0 Å². The number of hydrogen-bond donors (Lipinski definition) is 0. The Morgan fingerprint density at radius 1 is 1.46 bits per heavy atom. The molecule has 0 spiro atoms. The quantitative estimate of drug-likeness (QED) is 0.698. The lowest BCUT2D eigenvalue weighted by molar-refractivity contribution is 0.0932. The van der Waals surface area contributed by atoms with E-state index in [2.05, 4.69) is 15.9 Å². The Hall–Kier alpha value is -0.830. The molecule has 0 N–H and O–H groups in total. The first-order chi connectivity index (χ1) is 6.18. The van der Waals surface area contributed by atoms with Crippen molar-refractivity contribution in [1.29, 1.82) is 0 Å². The zero-order chi connectivity index (χ0) is 9.42. The van der Waals surface area contributed by atoms with Crippen LogP contribution in [0, 0.1) is 6.92 Å². The molecule has 0 atom stereocenters. The van der Waals surface area contributed by atoms with E-state index in [-0.39, 0.29) is 5.78 Å². The molecule has 0 amide bonds. The van der Waals surface area contributed by atoms with Gasteiger partial charge in [0.25, 0.3) is 0 Å². The van der Waals surface area contributed by atoms with Gasteiger partial charge in [0.15, 0.2) is 5.78 Å². The highest BCUT2D eigenvalue weighted by molar-refractivity contribution is 9.10. The summed E-state index contributed by atoms with van der Waals surface area (Å²) in [5.74, 6) is 0.921. The van der Waals surface area contributed by atoms with E-state index in [1.165, 1.54) is 0 Å². The number of hydrogen-bond acceptors (Lipinski definition) is 2. The summed E-state index contributed by atoms with van der Waals surface area (Å²) >= 11 is 3.36. The van der Waals surface area contributed by atoms with Crippen LogP contribution < -0.4 is 4.74 Å². The lowest BCUT2D eigenvalue weighted by Crippen LogP contribution is -2.16. The van der Waals surface area contributed by atoms with Gasteiger partial charge < -0.3 is 4.74 Å². The van der Waals surface area contributed by atoms with Gasteiger partial charge in [-0.25, -0.2) is 0 Å². The zero-order valence-electron chi connectivity index (χ0n) is 7.26. The molecule has 0 fully saturated rings. The van der Waals surface area contributed by atoms with Crippen molar-refractivity contribution < 1.29 is 9.53 Å². The molecule has 0 radical (unpaired) electrons. The van der Waals surface area contributed by atoms with E-state index in [1.54, 1.807) is 0 Å². The number of fused-ring (bicyclic) bond motifs is 1. The summed E-state index contributed by atoms with van der Waals surface area (Å²) in [5, 5.41) is 0. The lowest BCUT2D eigenvalue weighted by Gasteiger charge is -2.18. The number of aryl methyl sites for hydroxylation is 1. The fourth-order valence-electron chi connectivity index (χ4n) is 1.51. The van der Waals surface area contributed by atoms with E-state index in [9.17, 15) is 4.79 Å². The second kappa shape index (κ2) is 3.14. The molecule has 1 aromatic rings. The van der Waals surface area contributed by atoms with Gasteiger partial charge in [0.05, 0.1) is 12.2 Å². The monoisotopic (exact) mass is 240 g/mol. The van der Waals surface area contributed by atoms with Crippen LogP contribution >= 0.6 is 15.9 Å². The zero-order valence-corrected chi connectivity index (χ0v) is 8.85. The lowest BCUT2D eigenvalue weighted by atomic mass is 10.0. The van der Waals surface area contributed by atoms with Gasteiger partial charge in [0.1, 0.15) is 5.75 Å². The molecule has 1 aliphatic heterocycles. The third kappa shape index (κ3) is 1.48. The van der Waals surface area contributed by atoms with E-state index < -0.39 is 0 Å². The molecular weight excluding hydrogens is 232 g/mol. The van der Waals surface area contributed by atoms with Crippen molar-refractivity contribution in [3.63, 3.8) is 0 Å². The largest absolute Gasteiger partial charge is 0.492 e. The molecule has 1 aliphatic rings. The first kappa shape index (κ1) is 8.75. The molecule has 1 aromatic carbocycles. The number of rotatable bonds is 0. The van der Waals surface area contributed by atoms with Crippen LogP contribution in [0.1, 0.15) is 22.3 Å². The molecule has 13 heavy (non-hydrogen) atoms.